The highest BCUT2D eigenvalue weighted by atomic mass is 19.4. The molecule has 0 heterocycles. The molecule has 1 N–H and O–H groups in total. The maximum absolute atomic E-state index is 13.0. The Labute approximate surface area is 116 Å². The average Bonchev–Trinajstić information content (AvgIpc) is 3.20. The van der Waals surface area contributed by atoms with Gasteiger partial charge in [0.15, 0.2) is 0 Å². The quantitative estimate of drug-likeness (QED) is 0.837. The van der Waals surface area contributed by atoms with Crippen LogP contribution in [0, 0.1) is 11.8 Å². The SMILES string of the molecule is CC#CCOc1ccc(CNC2CC2)cc1C(F)(F)F. The third-order valence-electron chi connectivity index (χ3n) is 3.00. The topological polar surface area (TPSA) is 21.3 Å². The molecule has 0 amide bonds. The molecule has 0 saturated heterocycles. The van der Waals surface area contributed by atoms with Gasteiger partial charge in [0, 0.05) is 12.6 Å². The fourth-order valence-electron chi connectivity index (χ4n) is 1.77. The molecule has 1 fully saturated rings. The van der Waals surface area contributed by atoms with Gasteiger partial charge in [0.05, 0.1) is 5.56 Å². The van der Waals surface area contributed by atoms with Crippen molar-refractivity contribution in [3.8, 4) is 17.6 Å². The molecular formula is C15H16F3NO. The van der Waals surface area contributed by atoms with Gasteiger partial charge in [-0.05, 0) is 37.5 Å². The van der Waals surface area contributed by atoms with Crippen molar-refractivity contribution in [3.63, 3.8) is 0 Å². The van der Waals surface area contributed by atoms with Gasteiger partial charge in [-0.15, -0.1) is 5.92 Å². The first kappa shape index (κ1) is 14.7. The van der Waals surface area contributed by atoms with Gasteiger partial charge in [-0.3, -0.25) is 0 Å². The van der Waals surface area contributed by atoms with Gasteiger partial charge in [-0.2, -0.15) is 13.2 Å². The fourth-order valence-corrected chi connectivity index (χ4v) is 1.77. The van der Waals surface area contributed by atoms with Crippen molar-refractivity contribution in [2.45, 2.75) is 38.5 Å². The lowest BCUT2D eigenvalue weighted by Crippen LogP contribution is -2.16. The van der Waals surface area contributed by atoms with Crippen LogP contribution < -0.4 is 10.1 Å². The van der Waals surface area contributed by atoms with Crippen LogP contribution in [0.2, 0.25) is 0 Å². The number of hydrogen-bond acceptors (Lipinski definition) is 2. The van der Waals surface area contributed by atoms with Crippen molar-refractivity contribution in [2.75, 3.05) is 6.61 Å². The van der Waals surface area contributed by atoms with E-state index < -0.39 is 11.7 Å². The zero-order chi connectivity index (χ0) is 14.6. The second-order valence-corrected chi connectivity index (χ2v) is 4.70. The van der Waals surface area contributed by atoms with Crippen LogP contribution in [0.4, 0.5) is 13.2 Å². The van der Waals surface area contributed by atoms with Gasteiger partial charge in [-0.1, -0.05) is 12.0 Å². The Morgan fingerprint density at radius 1 is 1.35 bits per heavy atom. The average molecular weight is 283 g/mol. The van der Waals surface area contributed by atoms with Crippen LogP contribution in [0.15, 0.2) is 18.2 Å². The summed E-state index contributed by atoms with van der Waals surface area (Å²) in [7, 11) is 0. The molecule has 0 bridgehead atoms. The minimum atomic E-state index is -4.43. The Hall–Kier alpha value is -1.67. The van der Waals surface area contributed by atoms with Crippen molar-refractivity contribution < 1.29 is 17.9 Å². The summed E-state index contributed by atoms with van der Waals surface area (Å²) in [6.45, 7) is 2.02. The van der Waals surface area contributed by atoms with Crippen LogP contribution in [0.5, 0.6) is 5.75 Å². The number of hydrogen-bond donors (Lipinski definition) is 1. The zero-order valence-corrected chi connectivity index (χ0v) is 11.2. The summed E-state index contributed by atoms with van der Waals surface area (Å²) in [6, 6.07) is 4.62. The third-order valence-corrected chi connectivity index (χ3v) is 3.00. The summed E-state index contributed by atoms with van der Waals surface area (Å²) >= 11 is 0. The lowest BCUT2D eigenvalue weighted by molar-refractivity contribution is -0.138. The monoisotopic (exact) mass is 283 g/mol. The Morgan fingerprint density at radius 3 is 2.70 bits per heavy atom. The first-order valence-electron chi connectivity index (χ1n) is 6.46. The van der Waals surface area contributed by atoms with Gasteiger partial charge in [0.1, 0.15) is 12.4 Å². The van der Waals surface area contributed by atoms with E-state index in [4.69, 9.17) is 4.74 Å². The Morgan fingerprint density at radius 2 is 2.10 bits per heavy atom. The number of halogens is 3. The summed E-state index contributed by atoms with van der Waals surface area (Å²) in [5.74, 6) is 5.00. The van der Waals surface area contributed by atoms with Crippen molar-refractivity contribution in [3.05, 3.63) is 29.3 Å². The van der Waals surface area contributed by atoms with E-state index in [0.717, 1.165) is 18.9 Å². The maximum atomic E-state index is 13.0. The number of rotatable bonds is 5. The molecule has 0 spiro atoms. The van der Waals surface area contributed by atoms with Crippen LogP contribution in [0.3, 0.4) is 0 Å². The lowest BCUT2D eigenvalue weighted by Gasteiger charge is -2.14. The van der Waals surface area contributed by atoms with Crippen molar-refractivity contribution >= 4 is 0 Å². The van der Waals surface area contributed by atoms with Crippen LogP contribution in [-0.2, 0) is 12.7 Å². The van der Waals surface area contributed by atoms with Gasteiger partial charge in [0.25, 0.3) is 0 Å². The zero-order valence-electron chi connectivity index (χ0n) is 11.2. The van der Waals surface area contributed by atoms with Crippen LogP contribution in [0.25, 0.3) is 0 Å². The van der Waals surface area contributed by atoms with E-state index in [0.29, 0.717) is 18.2 Å². The molecule has 1 aliphatic rings. The van der Waals surface area contributed by atoms with Crippen LogP contribution in [-0.4, -0.2) is 12.6 Å². The molecule has 0 aliphatic heterocycles. The maximum Gasteiger partial charge on any atom is 0.419 e. The normalized spacial score (nSPS) is 14.6. The number of benzene rings is 1. The molecule has 1 saturated carbocycles. The number of nitrogens with one attached hydrogen (secondary N) is 1. The summed E-state index contributed by atoms with van der Waals surface area (Å²) in [5.41, 5.74) is -0.136. The molecule has 2 nitrogen and oxygen atoms in total. The highest BCUT2D eigenvalue weighted by Crippen LogP contribution is 2.37. The van der Waals surface area contributed by atoms with E-state index in [1.165, 1.54) is 6.07 Å². The second-order valence-electron chi connectivity index (χ2n) is 4.70. The van der Waals surface area contributed by atoms with E-state index in [9.17, 15) is 13.2 Å². The molecular weight excluding hydrogens is 267 g/mol. The molecule has 20 heavy (non-hydrogen) atoms. The molecule has 1 aliphatic carbocycles. The molecule has 5 heteroatoms. The molecule has 0 atom stereocenters. The summed E-state index contributed by atoms with van der Waals surface area (Å²) in [5, 5.41) is 3.19. The highest BCUT2D eigenvalue weighted by Gasteiger charge is 2.34. The first-order chi connectivity index (χ1) is 9.50. The van der Waals surface area contributed by atoms with Gasteiger partial charge < -0.3 is 10.1 Å². The van der Waals surface area contributed by atoms with Crippen molar-refractivity contribution in [1.29, 1.82) is 0 Å². The van der Waals surface area contributed by atoms with E-state index in [-0.39, 0.29) is 12.4 Å². The first-order valence-corrected chi connectivity index (χ1v) is 6.46. The van der Waals surface area contributed by atoms with Gasteiger partial charge in [-0.25, -0.2) is 0 Å². The minimum Gasteiger partial charge on any atom is -0.480 e. The van der Waals surface area contributed by atoms with Gasteiger partial charge >= 0.3 is 6.18 Å². The van der Waals surface area contributed by atoms with E-state index >= 15 is 0 Å². The van der Waals surface area contributed by atoms with Gasteiger partial charge in [0.2, 0.25) is 0 Å². The smallest absolute Gasteiger partial charge is 0.419 e. The number of ether oxygens (including phenoxy) is 1. The fraction of sp³-hybridized carbons (Fsp3) is 0.467. The van der Waals surface area contributed by atoms with E-state index in [1.807, 2.05) is 0 Å². The van der Waals surface area contributed by atoms with Crippen molar-refractivity contribution in [2.24, 2.45) is 0 Å². The number of alkyl halides is 3. The highest BCUT2D eigenvalue weighted by molar-refractivity contribution is 5.39. The Balaban J connectivity index is 2.14. The summed E-state index contributed by atoms with van der Waals surface area (Å²) in [6.07, 6.45) is -2.23. The molecule has 0 unspecified atom stereocenters. The third kappa shape index (κ3) is 4.17. The van der Waals surface area contributed by atoms with E-state index in [2.05, 4.69) is 17.2 Å². The molecule has 1 aromatic carbocycles. The minimum absolute atomic E-state index is 0.0424. The summed E-state index contributed by atoms with van der Waals surface area (Å²) in [4.78, 5) is 0. The van der Waals surface area contributed by atoms with E-state index in [1.54, 1.807) is 13.0 Å². The molecule has 2 rings (SSSR count). The Bertz CT molecular complexity index is 524. The summed E-state index contributed by atoms with van der Waals surface area (Å²) < 4.78 is 44.1. The van der Waals surface area contributed by atoms with Crippen LogP contribution in [0.1, 0.15) is 30.9 Å². The van der Waals surface area contributed by atoms with Crippen molar-refractivity contribution in [1.82, 2.24) is 5.32 Å². The predicted octanol–water partition coefficient (Wildman–Crippen LogP) is 3.36. The lowest BCUT2D eigenvalue weighted by atomic mass is 10.1. The largest absolute Gasteiger partial charge is 0.480 e. The molecule has 0 aromatic heterocycles. The van der Waals surface area contributed by atoms with Crippen LogP contribution >= 0.6 is 0 Å². The molecule has 108 valence electrons. The Kier molecular flexibility index (Phi) is 4.56. The molecule has 1 aromatic rings. The second kappa shape index (κ2) is 6.19. The molecule has 0 radical (unpaired) electrons. The predicted molar refractivity (Wildman–Crippen MR) is 70.3 cm³/mol. The standard InChI is InChI=1S/C15H16F3NO/c1-2-3-8-20-14-7-4-11(10-19-12-5-6-12)9-13(14)15(16,17)18/h4,7,9,12,19H,5-6,8,10H2,1H3.